The van der Waals surface area contributed by atoms with Gasteiger partial charge in [-0.3, -0.25) is 0 Å². The maximum atomic E-state index is 6.17. The van der Waals surface area contributed by atoms with Crippen molar-refractivity contribution in [3.05, 3.63) is 41.5 Å². The molecule has 0 radical (unpaired) electrons. The summed E-state index contributed by atoms with van der Waals surface area (Å²) in [7, 11) is 0. The summed E-state index contributed by atoms with van der Waals surface area (Å²) in [6, 6.07) is 7.83. The predicted octanol–water partition coefficient (Wildman–Crippen LogP) is 3.40. The molecule has 22 heavy (non-hydrogen) atoms. The minimum atomic E-state index is -0.380. The number of benzene rings is 1. The Morgan fingerprint density at radius 3 is 2.59 bits per heavy atom. The summed E-state index contributed by atoms with van der Waals surface area (Å²) in [5, 5.41) is 3.98. The molecule has 5 nitrogen and oxygen atoms in total. The van der Waals surface area contributed by atoms with Crippen molar-refractivity contribution in [2.75, 3.05) is 6.61 Å². The molecule has 0 unspecified atom stereocenters. The third-order valence-corrected chi connectivity index (χ3v) is 3.74. The van der Waals surface area contributed by atoms with Gasteiger partial charge in [0, 0.05) is 6.08 Å². The number of rotatable bonds is 5. The topological polar surface area (TPSA) is 74.2 Å². The lowest BCUT2D eigenvalue weighted by molar-refractivity contribution is 0.229. The minimum absolute atomic E-state index is 0. The van der Waals surface area contributed by atoms with Gasteiger partial charge in [-0.25, -0.2) is 0 Å². The van der Waals surface area contributed by atoms with Crippen molar-refractivity contribution in [2.24, 2.45) is 5.73 Å². The highest BCUT2D eigenvalue weighted by Crippen LogP contribution is 2.36. The molecule has 1 aromatic heterocycles. The number of aromatic nitrogens is 2. The number of halogens is 1. The van der Waals surface area contributed by atoms with Crippen LogP contribution in [0.25, 0.3) is 12.2 Å². The van der Waals surface area contributed by atoms with E-state index in [9.17, 15) is 0 Å². The molecule has 1 heterocycles. The first-order valence-electron chi connectivity index (χ1n) is 7.24. The molecule has 0 spiro atoms. The molecule has 2 aromatic rings. The maximum absolute atomic E-state index is 6.17. The third kappa shape index (κ3) is 3.48. The van der Waals surface area contributed by atoms with Gasteiger partial charge in [0.05, 0.1) is 12.1 Å². The van der Waals surface area contributed by atoms with E-state index in [4.69, 9.17) is 15.0 Å². The molecule has 1 aliphatic carbocycles. The van der Waals surface area contributed by atoms with E-state index >= 15 is 0 Å². The van der Waals surface area contributed by atoms with Crippen LogP contribution in [0.2, 0.25) is 0 Å². The molecule has 0 atom stereocenters. The largest absolute Gasteiger partial charge is 0.494 e. The zero-order chi connectivity index (χ0) is 14.7. The first-order chi connectivity index (χ1) is 10.2. The first-order valence-corrected chi connectivity index (χ1v) is 7.24. The Hall–Kier alpha value is -1.85. The highest BCUT2D eigenvalue weighted by atomic mass is 35.5. The smallest absolute Gasteiger partial charge is 0.250 e. The van der Waals surface area contributed by atoms with Crippen LogP contribution in [0.3, 0.4) is 0 Å². The number of hydrogen-bond acceptors (Lipinski definition) is 5. The summed E-state index contributed by atoms with van der Waals surface area (Å²) < 4.78 is 10.6. The zero-order valence-electron chi connectivity index (χ0n) is 12.5. The number of nitrogens with zero attached hydrogens (tertiary/aromatic N) is 2. The van der Waals surface area contributed by atoms with Crippen LogP contribution in [0.1, 0.15) is 43.5 Å². The lowest BCUT2D eigenvalue weighted by Crippen LogP contribution is -2.44. The first kappa shape index (κ1) is 16.5. The van der Waals surface area contributed by atoms with Gasteiger partial charge in [0.25, 0.3) is 5.89 Å². The van der Waals surface area contributed by atoms with E-state index < -0.39 is 0 Å². The Labute approximate surface area is 136 Å². The molecule has 6 heteroatoms. The third-order valence-electron chi connectivity index (χ3n) is 3.74. The molecular formula is C16H20ClN3O2. The van der Waals surface area contributed by atoms with Gasteiger partial charge in [-0.2, -0.15) is 4.98 Å². The quantitative estimate of drug-likeness (QED) is 0.913. The van der Waals surface area contributed by atoms with Crippen LogP contribution in [0.5, 0.6) is 5.75 Å². The van der Waals surface area contributed by atoms with Gasteiger partial charge in [0.15, 0.2) is 5.82 Å². The number of ether oxygens (including phenoxy) is 1. The zero-order valence-corrected chi connectivity index (χ0v) is 13.3. The fraction of sp³-hybridized carbons (Fsp3) is 0.375. The van der Waals surface area contributed by atoms with E-state index in [2.05, 4.69) is 10.1 Å². The van der Waals surface area contributed by atoms with Crippen molar-refractivity contribution in [2.45, 2.75) is 31.7 Å². The van der Waals surface area contributed by atoms with Crippen LogP contribution in [0.4, 0.5) is 0 Å². The second-order valence-corrected chi connectivity index (χ2v) is 5.30. The van der Waals surface area contributed by atoms with Gasteiger partial charge in [0.1, 0.15) is 5.75 Å². The van der Waals surface area contributed by atoms with Crippen molar-refractivity contribution in [3.63, 3.8) is 0 Å². The van der Waals surface area contributed by atoms with Gasteiger partial charge in [0.2, 0.25) is 0 Å². The summed E-state index contributed by atoms with van der Waals surface area (Å²) >= 11 is 0. The average Bonchev–Trinajstić information content (AvgIpc) is 2.94. The molecule has 3 rings (SSSR count). The van der Waals surface area contributed by atoms with Crippen LogP contribution < -0.4 is 10.5 Å². The summed E-state index contributed by atoms with van der Waals surface area (Å²) in [6.07, 6.45) is 6.71. The Bertz CT molecular complexity index is 633. The Balaban J connectivity index is 0.00000176. The second kappa shape index (κ2) is 6.94. The van der Waals surface area contributed by atoms with E-state index in [1.54, 1.807) is 6.08 Å². The molecule has 1 saturated carbocycles. The molecule has 0 aliphatic heterocycles. The average molecular weight is 322 g/mol. The summed E-state index contributed by atoms with van der Waals surface area (Å²) in [5.74, 6) is 1.96. The van der Waals surface area contributed by atoms with Gasteiger partial charge in [-0.1, -0.05) is 17.3 Å². The van der Waals surface area contributed by atoms with E-state index in [0.29, 0.717) is 18.3 Å². The molecule has 0 bridgehead atoms. The normalized spacial score (nSPS) is 16.1. The van der Waals surface area contributed by atoms with Crippen LogP contribution >= 0.6 is 12.4 Å². The number of nitrogens with two attached hydrogens (primary N) is 1. The van der Waals surface area contributed by atoms with Crippen LogP contribution in [-0.2, 0) is 5.54 Å². The van der Waals surface area contributed by atoms with Crippen molar-refractivity contribution in [1.29, 1.82) is 0 Å². The predicted molar refractivity (Wildman–Crippen MR) is 87.8 cm³/mol. The van der Waals surface area contributed by atoms with Crippen molar-refractivity contribution < 1.29 is 9.26 Å². The minimum Gasteiger partial charge on any atom is -0.494 e. The molecule has 0 saturated heterocycles. The van der Waals surface area contributed by atoms with Crippen molar-refractivity contribution >= 4 is 24.6 Å². The van der Waals surface area contributed by atoms with Gasteiger partial charge in [-0.05, 0) is 50.0 Å². The fourth-order valence-electron chi connectivity index (χ4n) is 2.30. The highest BCUT2D eigenvalue weighted by molar-refractivity contribution is 5.85. The van der Waals surface area contributed by atoms with Crippen molar-refractivity contribution in [3.8, 4) is 5.75 Å². The molecule has 0 amide bonds. The Morgan fingerprint density at radius 1 is 1.27 bits per heavy atom. The SMILES string of the molecule is CCOc1ccc(/C=C/c2nc(C3(N)CCC3)no2)cc1.Cl. The molecular weight excluding hydrogens is 302 g/mol. The summed E-state index contributed by atoms with van der Waals surface area (Å²) in [6.45, 7) is 2.63. The standard InChI is InChI=1S/C16H19N3O2.ClH/c1-2-20-13-7-4-12(5-8-13)6-9-14-18-15(19-21-14)16(17)10-3-11-16;/h4-9H,2-3,10-11,17H2,1H3;1H/b9-6+;. The lowest BCUT2D eigenvalue weighted by atomic mass is 9.77. The van der Waals surface area contributed by atoms with Crippen LogP contribution in [-0.4, -0.2) is 16.7 Å². The molecule has 2 N–H and O–H groups in total. The fourth-order valence-corrected chi connectivity index (χ4v) is 2.30. The second-order valence-electron chi connectivity index (χ2n) is 5.30. The monoisotopic (exact) mass is 321 g/mol. The lowest BCUT2D eigenvalue weighted by Gasteiger charge is -2.34. The van der Waals surface area contributed by atoms with Crippen molar-refractivity contribution in [1.82, 2.24) is 10.1 Å². The van der Waals surface area contributed by atoms with Crippen LogP contribution in [0.15, 0.2) is 28.8 Å². The highest BCUT2D eigenvalue weighted by Gasteiger charge is 2.38. The van der Waals surface area contributed by atoms with Gasteiger partial charge in [-0.15, -0.1) is 12.4 Å². The molecule has 1 aliphatic rings. The van der Waals surface area contributed by atoms with Gasteiger partial charge < -0.3 is 15.0 Å². The van der Waals surface area contributed by atoms with Gasteiger partial charge >= 0.3 is 0 Å². The van der Waals surface area contributed by atoms with E-state index in [0.717, 1.165) is 30.6 Å². The number of hydrogen-bond donors (Lipinski definition) is 1. The Kier molecular flexibility index (Phi) is 5.21. The molecule has 118 valence electrons. The van der Waals surface area contributed by atoms with E-state index in [1.165, 1.54) is 0 Å². The molecule has 1 aromatic carbocycles. The maximum Gasteiger partial charge on any atom is 0.250 e. The summed E-state index contributed by atoms with van der Waals surface area (Å²) in [5.41, 5.74) is 6.83. The Morgan fingerprint density at radius 2 is 2.00 bits per heavy atom. The van der Waals surface area contributed by atoms with E-state index in [1.807, 2.05) is 37.3 Å². The molecule has 1 fully saturated rings. The van der Waals surface area contributed by atoms with Crippen LogP contribution in [0, 0.1) is 0 Å². The summed E-state index contributed by atoms with van der Waals surface area (Å²) in [4.78, 5) is 4.35. The van der Waals surface area contributed by atoms with E-state index in [-0.39, 0.29) is 17.9 Å².